The Balaban J connectivity index is 1.51. The second-order valence-corrected chi connectivity index (χ2v) is 9.77. The summed E-state index contributed by atoms with van der Waals surface area (Å²) in [6, 6.07) is 21.4. The van der Waals surface area contributed by atoms with Gasteiger partial charge in [0, 0.05) is 36.5 Å². The molecule has 0 saturated carbocycles. The lowest BCUT2D eigenvalue weighted by Gasteiger charge is -2.24. The molecule has 1 N–H and O–H groups in total. The maximum Gasteiger partial charge on any atom is 0.305 e. The molecular formula is C29H30ClNO4. The number of carbonyl (C=O) groups excluding carboxylic acids is 1. The van der Waals surface area contributed by atoms with Gasteiger partial charge in [-0.05, 0) is 59.9 Å². The zero-order valence-electron chi connectivity index (χ0n) is 20.1. The van der Waals surface area contributed by atoms with Crippen LogP contribution in [0, 0.1) is 0 Å². The molecule has 3 aromatic carbocycles. The first-order valence-corrected chi connectivity index (χ1v) is 12.3. The van der Waals surface area contributed by atoms with Gasteiger partial charge in [-0.3, -0.25) is 9.59 Å². The van der Waals surface area contributed by atoms with Gasteiger partial charge >= 0.3 is 5.97 Å². The van der Waals surface area contributed by atoms with E-state index in [9.17, 15) is 14.7 Å². The van der Waals surface area contributed by atoms with Crippen molar-refractivity contribution in [1.29, 1.82) is 0 Å². The van der Waals surface area contributed by atoms with Gasteiger partial charge in [-0.25, -0.2) is 0 Å². The fraction of sp³-hybridized carbons (Fsp3) is 0.310. The minimum atomic E-state index is -0.952. The molecule has 35 heavy (non-hydrogen) atoms. The molecule has 1 atom stereocenters. The SMILES string of the molecule is CCc1ccc(CC2(C)Cc3cc(C(=O)N(CCC(=O)O)Cc4ccccc4Cl)ccc3O2)cc1. The first-order valence-electron chi connectivity index (χ1n) is 11.9. The Morgan fingerprint density at radius 3 is 2.46 bits per heavy atom. The average Bonchev–Trinajstić information content (AvgIpc) is 3.17. The van der Waals surface area contributed by atoms with Crippen molar-refractivity contribution >= 4 is 23.5 Å². The van der Waals surface area contributed by atoms with Gasteiger partial charge in [0.05, 0.1) is 6.42 Å². The number of halogens is 1. The summed E-state index contributed by atoms with van der Waals surface area (Å²) >= 11 is 6.30. The van der Waals surface area contributed by atoms with E-state index in [-0.39, 0.29) is 25.4 Å². The largest absolute Gasteiger partial charge is 0.487 e. The molecule has 1 aliphatic heterocycles. The summed E-state index contributed by atoms with van der Waals surface area (Å²) < 4.78 is 6.32. The number of amides is 1. The zero-order valence-corrected chi connectivity index (χ0v) is 20.8. The van der Waals surface area contributed by atoms with E-state index >= 15 is 0 Å². The van der Waals surface area contributed by atoms with E-state index in [0.29, 0.717) is 17.0 Å². The molecule has 1 heterocycles. The van der Waals surface area contributed by atoms with Crippen LogP contribution in [0.1, 0.15) is 52.9 Å². The summed E-state index contributed by atoms with van der Waals surface area (Å²) in [5, 5.41) is 9.74. The molecule has 0 aromatic heterocycles. The molecule has 182 valence electrons. The van der Waals surface area contributed by atoms with Crippen molar-refractivity contribution in [3.63, 3.8) is 0 Å². The topological polar surface area (TPSA) is 66.8 Å². The van der Waals surface area contributed by atoms with Crippen LogP contribution in [0.3, 0.4) is 0 Å². The predicted octanol–water partition coefficient (Wildman–Crippen LogP) is 5.96. The van der Waals surface area contributed by atoms with E-state index in [1.807, 2.05) is 30.3 Å². The van der Waals surface area contributed by atoms with Gasteiger partial charge in [0.15, 0.2) is 0 Å². The first kappa shape index (κ1) is 24.8. The van der Waals surface area contributed by atoms with Crippen molar-refractivity contribution < 1.29 is 19.4 Å². The van der Waals surface area contributed by atoms with Crippen LogP contribution in [0.2, 0.25) is 5.02 Å². The molecule has 1 unspecified atom stereocenters. The van der Waals surface area contributed by atoms with Crippen LogP contribution in [0.5, 0.6) is 5.75 Å². The third-order valence-electron chi connectivity index (χ3n) is 6.44. The molecule has 1 amide bonds. The van der Waals surface area contributed by atoms with Crippen LogP contribution < -0.4 is 4.74 Å². The van der Waals surface area contributed by atoms with Gasteiger partial charge in [-0.2, -0.15) is 0 Å². The lowest BCUT2D eigenvalue weighted by atomic mass is 9.91. The van der Waals surface area contributed by atoms with Crippen molar-refractivity contribution in [2.24, 2.45) is 0 Å². The molecule has 0 saturated heterocycles. The fourth-order valence-electron chi connectivity index (χ4n) is 4.58. The highest BCUT2D eigenvalue weighted by atomic mass is 35.5. The Morgan fingerprint density at radius 2 is 1.77 bits per heavy atom. The average molecular weight is 492 g/mol. The number of aliphatic carboxylic acids is 1. The normalized spacial score (nSPS) is 16.4. The quantitative estimate of drug-likeness (QED) is 0.401. The summed E-state index contributed by atoms with van der Waals surface area (Å²) in [6.07, 6.45) is 2.33. The highest BCUT2D eigenvalue weighted by Crippen LogP contribution is 2.38. The molecule has 0 radical (unpaired) electrons. The highest BCUT2D eigenvalue weighted by Gasteiger charge is 2.35. The second-order valence-electron chi connectivity index (χ2n) is 9.36. The summed E-state index contributed by atoms with van der Waals surface area (Å²) in [5.41, 5.74) is 4.41. The third kappa shape index (κ3) is 6.04. The Kier molecular flexibility index (Phi) is 7.46. The van der Waals surface area contributed by atoms with Gasteiger partial charge in [-0.1, -0.05) is 61.0 Å². The fourth-order valence-corrected chi connectivity index (χ4v) is 4.77. The Hall–Kier alpha value is -3.31. The minimum Gasteiger partial charge on any atom is -0.487 e. The number of rotatable bonds is 9. The van der Waals surface area contributed by atoms with Gasteiger partial charge < -0.3 is 14.7 Å². The van der Waals surface area contributed by atoms with Crippen LogP contribution in [0.4, 0.5) is 0 Å². The van der Waals surface area contributed by atoms with Crippen molar-refractivity contribution in [3.8, 4) is 5.75 Å². The van der Waals surface area contributed by atoms with Crippen LogP contribution in [-0.2, 0) is 30.6 Å². The van der Waals surface area contributed by atoms with E-state index in [1.165, 1.54) is 11.1 Å². The Bertz CT molecular complexity index is 1220. The van der Waals surface area contributed by atoms with Crippen molar-refractivity contribution in [3.05, 3.63) is 99.6 Å². The zero-order chi connectivity index (χ0) is 25.0. The monoisotopic (exact) mass is 491 g/mol. The molecule has 0 bridgehead atoms. The minimum absolute atomic E-state index is 0.0957. The molecular weight excluding hydrogens is 462 g/mol. The summed E-state index contributed by atoms with van der Waals surface area (Å²) in [5.74, 6) is -0.387. The number of nitrogens with zero attached hydrogens (tertiary/aromatic N) is 1. The number of hydrogen-bond acceptors (Lipinski definition) is 3. The van der Waals surface area contributed by atoms with Gasteiger partial charge in [-0.15, -0.1) is 0 Å². The standard InChI is InChI=1S/C29H30ClNO4/c1-3-20-8-10-21(11-9-20)17-29(2)18-24-16-22(12-13-26(24)35-29)28(34)31(15-14-27(32)33)19-23-6-4-5-7-25(23)30/h4-13,16H,3,14-15,17-19H2,1-2H3,(H,32,33). The molecule has 0 aliphatic carbocycles. The predicted molar refractivity (Wildman–Crippen MR) is 137 cm³/mol. The molecule has 3 aromatic rings. The number of fused-ring (bicyclic) bond motifs is 1. The van der Waals surface area contributed by atoms with Gasteiger partial charge in [0.1, 0.15) is 11.4 Å². The molecule has 1 aliphatic rings. The number of ether oxygens (including phenoxy) is 1. The van der Waals surface area contributed by atoms with Crippen molar-refractivity contribution in [2.45, 2.75) is 51.7 Å². The molecule has 0 fully saturated rings. The van der Waals surface area contributed by atoms with E-state index in [1.54, 1.807) is 17.0 Å². The second kappa shape index (κ2) is 10.5. The lowest BCUT2D eigenvalue weighted by molar-refractivity contribution is -0.137. The van der Waals surface area contributed by atoms with Gasteiger partial charge in [0.2, 0.25) is 0 Å². The molecule has 4 rings (SSSR count). The summed E-state index contributed by atoms with van der Waals surface area (Å²) in [6.45, 7) is 4.57. The molecule has 6 heteroatoms. The molecule has 5 nitrogen and oxygen atoms in total. The van der Waals surface area contributed by atoms with Crippen LogP contribution in [0.15, 0.2) is 66.7 Å². The van der Waals surface area contributed by atoms with E-state index in [0.717, 1.165) is 29.7 Å². The van der Waals surface area contributed by atoms with E-state index in [2.05, 4.69) is 38.1 Å². The van der Waals surface area contributed by atoms with Gasteiger partial charge in [0.25, 0.3) is 5.91 Å². The van der Waals surface area contributed by atoms with Crippen molar-refractivity contribution in [1.82, 2.24) is 4.90 Å². The molecule has 0 spiro atoms. The summed E-state index contributed by atoms with van der Waals surface area (Å²) in [4.78, 5) is 26.2. The van der Waals surface area contributed by atoms with Crippen molar-refractivity contribution in [2.75, 3.05) is 6.54 Å². The Labute approximate surface area is 211 Å². The number of aryl methyl sites for hydroxylation is 1. The highest BCUT2D eigenvalue weighted by molar-refractivity contribution is 6.31. The lowest BCUT2D eigenvalue weighted by Crippen LogP contribution is -2.33. The first-order chi connectivity index (χ1) is 16.8. The maximum absolute atomic E-state index is 13.4. The number of benzene rings is 3. The number of carboxylic acid groups (broad SMARTS) is 1. The third-order valence-corrected chi connectivity index (χ3v) is 6.81. The smallest absolute Gasteiger partial charge is 0.305 e. The van der Waals surface area contributed by atoms with Crippen LogP contribution in [-0.4, -0.2) is 34.0 Å². The van der Waals surface area contributed by atoms with E-state index < -0.39 is 11.6 Å². The number of carboxylic acids is 1. The Morgan fingerprint density at radius 1 is 1.06 bits per heavy atom. The summed E-state index contributed by atoms with van der Waals surface area (Å²) in [7, 11) is 0. The number of hydrogen-bond donors (Lipinski definition) is 1. The number of carbonyl (C=O) groups is 2. The maximum atomic E-state index is 13.4. The van der Waals surface area contributed by atoms with Crippen LogP contribution >= 0.6 is 11.6 Å². The van der Waals surface area contributed by atoms with E-state index in [4.69, 9.17) is 16.3 Å². The van der Waals surface area contributed by atoms with Crippen LogP contribution in [0.25, 0.3) is 0 Å².